The van der Waals surface area contributed by atoms with Gasteiger partial charge in [0.05, 0.1) is 31.1 Å². The quantitative estimate of drug-likeness (QED) is 0.643. The van der Waals surface area contributed by atoms with Gasteiger partial charge in [-0.2, -0.15) is 5.26 Å². The molecule has 0 saturated carbocycles. The number of hydrogen-bond donors (Lipinski definition) is 1. The molecule has 3 aromatic rings. The summed E-state index contributed by atoms with van der Waals surface area (Å²) in [7, 11) is 0. The topological polar surface area (TPSA) is 86.3 Å². The Labute approximate surface area is 178 Å². The summed E-state index contributed by atoms with van der Waals surface area (Å²) in [6.45, 7) is 0.424. The first kappa shape index (κ1) is 19.8. The lowest BCUT2D eigenvalue weighted by molar-refractivity contribution is -0.128. The lowest BCUT2D eigenvalue weighted by Gasteiger charge is -2.23. The molecule has 6 nitrogen and oxygen atoms in total. The monoisotopic (exact) mass is 417 g/mol. The predicted molar refractivity (Wildman–Crippen MR) is 115 cm³/mol. The molecule has 1 N–H and O–H groups in total. The molecule has 2 aromatic carbocycles. The molecule has 1 fully saturated rings. The summed E-state index contributed by atoms with van der Waals surface area (Å²) in [5.41, 5.74) is 3.08. The Morgan fingerprint density at radius 1 is 1.17 bits per heavy atom. The molecule has 150 valence electrons. The molecule has 0 unspecified atom stereocenters. The Morgan fingerprint density at radius 3 is 2.60 bits per heavy atom. The average Bonchev–Trinajstić information content (AvgIpc) is 3.40. The van der Waals surface area contributed by atoms with E-state index in [1.165, 1.54) is 0 Å². The second kappa shape index (κ2) is 8.89. The van der Waals surface area contributed by atoms with Gasteiger partial charge in [-0.3, -0.25) is 9.59 Å². The van der Waals surface area contributed by atoms with E-state index in [-0.39, 0.29) is 17.2 Å². The van der Waals surface area contributed by atoms with Crippen LogP contribution in [-0.4, -0.2) is 22.5 Å². The number of benzene rings is 2. The van der Waals surface area contributed by atoms with Gasteiger partial charge in [-0.05, 0) is 47.5 Å². The Morgan fingerprint density at radius 2 is 1.93 bits per heavy atom. The number of thioether (sulfide) groups is 1. The normalized spacial score (nSPS) is 15.8. The Balaban J connectivity index is 1.43. The van der Waals surface area contributed by atoms with Crippen molar-refractivity contribution in [2.45, 2.75) is 18.3 Å². The number of hydrogen-bond acceptors (Lipinski definition) is 5. The minimum Gasteiger partial charge on any atom is -0.467 e. The summed E-state index contributed by atoms with van der Waals surface area (Å²) in [6.07, 6.45) is 1.94. The molecular weight excluding hydrogens is 398 g/mol. The van der Waals surface area contributed by atoms with Crippen LogP contribution >= 0.6 is 11.8 Å². The molecular formula is C23H19N3O3S. The van der Waals surface area contributed by atoms with E-state index >= 15 is 0 Å². The Bertz CT molecular complexity index is 1070. The number of carbonyl (C=O) groups excluding carboxylic acids is 2. The zero-order valence-electron chi connectivity index (χ0n) is 16.1. The third kappa shape index (κ3) is 4.39. The largest absolute Gasteiger partial charge is 0.467 e. The fourth-order valence-electron chi connectivity index (χ4n) is 3.27. The minimum atomic E-state index is -0.211. The van der Waals surface area contributed by atoms with Crippen LogP contribution in [0.3, 0.4) is 0 Å². The summed E-state index contributed by atoms with van der Waals surface area (Å²) < 4.78 is 5.38. The van der Waals surface area contributed by atoms with Crippen molar-refractivity contribution in [1.29, 1.82) is 5.26 Å². The van der Waals surface area contributed by atoms with Gasteiger partial charge in [0.15, 0.2) is 0 Å². The number of nitrogens with zero attached hydrogens (tertiary/aromatic N) is 2. The number of amides is 2. The minimum absolute atomic E-state index is 0.0723. The van der Waals surface area contributed by atoms with E-state index in [0.29, 0.717) is 30.0 Å². The number of anilines is 1. The van der Waals surface area contributed by atoms with Crippen LogP contribution in [0.25, 0.3) is 0 Å². The van der Waals surface area contributed by atoms with Gasteiger partial charge in [-0.15, -0.1) is 11.8 Å². The maximum Gasteiger partial charge on any atom is 0.255 e. The zero-order chi connectivity index (χ0) is 20.9. The summed E-state index contributed by atoms with van der Waals surface area (Å²) in [5, 5.41) is 11.5. The van der Waals surface area contributed by atoms with Gasteiger partial charge in [0.2, 0.25) is 5.91 Å². The highest BCUT2D eigenvalue weighted by Gasteiger charge is 2.33. The molecule has 7 heteroatoms. The number of rotatable bonds is 6. The van der Waals surface area contributed by atoms with E-state index in [2.05, 4.69) is 11.4 Å². The summed E-state index contributed by atoms with van der Waals surface area (Å²) >= 11 is 1.57. The fourth-order valence-corrected chi connectivity index (χ4v) is 4.46. The van der Waals surface area contributed by atoms with Crippen molar-refractivity contribution in [3.63, 3.8) is 0 Å². The van der Waals surface area contributed by atoms with Gasteiger partial charge in [-0.1, -0.05) is 24.3 Å². The summed E-state index contributed by atoms with van der Waals surface area (Å²) in [6, 6.07) is 20.3. The van der Waals surface area contributed by atoms with Crippen molar-refractivity contribution in [3.8, 4) is 6.07 Å². The standard InChI is InChI=1S/C23H19N3O3S/c24-12-11-16-3-9-19(10-4-16)25-22(28)17-5-7-18(8-6-17)23-26(21(27)15-30-23)14-20-2-1-13-29-20/h1-10,13,23H,11,14-15H2,(H,25,28)/t23-/m1/s1. The number of nitrogens with one attached hydrogen (secondary N) is 1. The highest BCUT2D eigenvalue weighted by atomic mass is 32.2. The highest BCUT2D eigenvalue weighted by molar-refractivity contribution is 8.00. The second-order valence-electron chi connectivity index (χ2n) is 6.87. The molecule has 0 radical (unpaired) electrons. The van der Waals surface area contributed by atoms with Gasteiger partial charge in [-0.25, -0.2) is 0 Å². The van der Waals surface area contributed by atoms with Gasteiger partial charge < -0.3 is 14.6 Å². The fraction of sp³-hybridized carbons (Fsp3) is 0.174. The SMILES string of the molecule is N#CCc1ccc(NC(=O)c2ccc([C@H]3SCC(=O)N3Cc3ccco3)cc2)cc1. The molecule has 1 aliphatic heterocycles. The molecule has 0 aliphatic carbocycles. The number of furan rings is 1. The van der Waals surface area contributed by atoms with Crippen molar-refractivity contribution >= 4 is 29.3 Å². The van der Waals surface area contributed by atoms with Crippen molar-refractivity contribution in [1.82, 2.24) is 4.90 Å². The molecule has 1 aromatic heterocycles. The van der Waals surface area contributed by atoms with Crippen LogP contribution in [0.5, 0.6) is 0 Å². The third-order valence-electron chi connectivity index (χ3n) is 4.83. The lowest BCUT2D eigenvalue weighted by Crippen LogP contribution is -2.27. The Hall–Kier alpha value is -3.50. The van der Waals surface area contributed by atoms with Gasteiger partial charge in [0, 0.05) is 11.3 Å². The molecule has 1 saturated heterocycles. The van der Waals surface area contributed by atoms with E-state index in [4.69, 9.17) is 9.68 Å². The van der Waals surface area contributed by atoms with E-state index in [1.807, 2.05) is 36.4 Å². The molecule has 0 spiro atoms. The van der Waals surface area contributed by atoms with Crippen molar-refractivity contribution < 1.29 is 14.0 Å². The van der Waals surface area contributed by atoms with Crippen LogP contribution < -0.4 is 5.32 Å². The van der Waals surface area contributed by atoms with Crippen molar-refractivity contribution in [2.24, 2.45) is 0 Å². The predicted octanol–water partition coefficient (Wildman–Crippen LogP) is 4.37. The van der Waals surface area contributed by atoms with Gasteiger partial charge >= 0.3 is 0 Å². The summed E-state index contributed by atoms with van der Waals surface area (Å²) in [4.78, 5) is 26.6. The van der Waals surface area contributed by atoms with E-state index in [9.17, 15) is 9.59 Å². The van der Waals surface area contributed by atoms with Crippen LogP contribution in [0.15, 0.2) is 71.3 Å². The first-order valence-electron chi connectivity index (χ1n) is 9.45. The second-order valence-corrected chi connectivity index (χ2v) is 7.94. The molecule has 30 heavy (non-hydrogen) atoms. The number of nitriles is 1. The highest BCUT2D eigenvalue weighted by Crippen LogP contribution is 2.39. The van der Waals surface area contributed by atoms with E-state index < -0.39 is 0 Å². The Kier molecular flexibility index (Phi) is 5.87. The zero-order valence-corrected chi connectivity index (χ0v) is 16.9. The molecule has 2 heterocycles. The maximum atomic E-state index is 12.5. The van der Waals surface area contributed by atoms with Gasteiger partial charge in [0.1, 0.15) is 11.1 Å². The van der Waals surface area contributed by atoms with Crippen LogP contribution in [0.1, 0.15) is 32.6 Å². The first-order valence-corrected chi connectivity index (χ1v) is 10.5. The molecule has 4 rings (SSSR count). The van der Waals surface area contributed by atoms with Crippen LogP contribution in [-0.2, 0) is 17.8 Å². The maximum absolute atomic E-state index is 12.5. The molecule has 0 bridgehead atoms. The van der Waals surface area contributed by atoms with Crippen molar-refractivity contribution in [2.75, 3.05) is 11.1 Å². The summed E-state index contributed by atoms with van der Waals surface area (Å²) in [5.74, 6) is 1.03. The van der Waals surface area contributed by atoms with Gasteiger partial charge in [0.25, 0.3) is 5.91 Å². The first-order chi connectivity index (χ1) is 14.6. The third-order valence-corrected chi connectivity index (χ3v) is 6.08. The van der Waals surface area contributed by atoms with Crippen LogP contribution in [0.2, 0.25) is 0 Å². The smallest absolute Gasteiger partial charge is 0.255 e. The molecule has 1 aliphatic rings. The number of carbonyl (C=O) groups is 2. The lowest BCUT2D eigenvalue weighted by atomic mass is 10.1. The molecule has 1 atom stereocenters. The van der Waals surface area contributed by atoms with Crippen LogP contribution in [0, 0.1) is 11.3 Å². The van der Waals surface area contributed by atoms with E-state index in [1.54, 1.807) is 47.2 Å². The van der Waals surface area contributed by atoms with Crippen molar-refractivity contribution in [3.05, 3.63) is 89.4 Å². The van der Waals surface area contributed by atoms with E-state index in [0.717, 1.165) is 16.9 Å². The molecule has 2 amide bonds. The average molecular weight is 417 g/mol. The van der Waals surface area contributed by atoms with Crippen LogP contribution in [0.4, 0.5) is 5.69 Å².